The Morgan fingerprint density at radius 3 is 2.46 bits per heavy atom. The zero-order valence-corrected chi connectivity index (χ0v) is 15.8. The third-order valence-electron chi connectivity index (χ3n) is 4.47. The monoisotopic (exact) mass is 390 g/mol. The van der Waals surface area contributed by atoms with E-state index in [0.717, 1.165) is 10.3 Å². The molecule has 0 bridgehead atoms. The van der Waals surface area contributed by atoms with Crippen molar-refractivity contribution < 1.29 is 17.6 Å². The standard InChI is InChI=1S/C18H18N2O4S2/c1-13-6-7-17(25-13)26(22,23)20-10-8-19(9-11-20)18(21)16-12-14-4-2-3-5-15(14)24-16/h2-7,12H,8-11H2,1H3. The Balaban J connectivity index is 1.47. The Morgan fingerprint density at radius 1 is 1.08 bits per heavy atom. The first-order valence-electron chi connectivity index (χ1n) is 8.29. The number of hydrogen-bond donors (Lipinski definition) is 0. The molecule has 1 aromatic carbocycles. The number of sulfonamides is 1. The Kier molecular flexibility index (Phi) is 4.34. The number of fused-ring (bicyclic) bond motifs is 1. The van der Waals surface area contributed by atoms with E-state index in [1.165, 1.54) is 15.6 Å². The van der Waals surface area contributed by atoms with E-state index in [1.54, 1.807) is 23.1 Å². The van der Waals surface area contributed by atoms with Gasteiger partial charge in [0.05, 0.1) is 0 Å². The highest BCUT2D eigenvalue weighted by atomic mass is 32.2. The molecule has 1 aliphatic heterocycles. The summed E-state index contributed by atoms with van der Waals surface area (Å²) in [4.78, 5) is 15.3. The molecule has 0 saturated carbocycles. The zero-order chi connectivity index (χ0) is 18.3. The van der Waals surface area contributed by atoms with Gasteiger partial charge in [-0.25, -0.2) is 8.42 Å². The molecule has 6 nitrogen and oxygen atoms in total. The molecule has 26 heavy (non-hydrogen) atoms. The average molecular weight is 390 g/mol. The molecule has 0 N–H and O–H groups in total. The van der Waals surface area contributed by atoms with Gasteiger partial charge in [-0.05, 0) is 31.2 Å². The largest absolute Gasteiger partial charge is 0.451 e. The van der Waals surface area contributed by atoms with Crippen LogP contribution in [0.25, 0.3) is 11.0 Å². The van der Waals surface area contributed by atoms with Crippen LogP contribution in [-0.4, -0.2) is 49.7 Å². The first-order chi connectivity index (χ1) is 12.4. The van der Waals surface area contributed by atoms with Gasteiger partial charge in [-0.15, -0.1) is 11.3 Å². The third kappa shape index (κ3) is 3.04. The van der Waals surface area contributed by atoms with E-state index in [9.17, 15) is 13.2 Å². The molecule has 136 valence electrons. The minimum Gasteiger partial charge on any atom is -0.451 e. The van der Waals surface area contributed by atoms with Crippen LogP contribution in [0.1, 0.15) is 15.4 Å². The number of furan rings is 1. The summed E-state index contributed by atoms with van der Waals surface area (Å²) in [5.41, 5.74) is 0.671. The van der Waals surface area contributed by atoms with Gasteiger partial charge >= 0.3 is 0 Å². The molecule has 3 heterocycles. The highest BCUT2D eigenvalue weighted by molar-refractivity contribution is 7.91. The smallest absolute Gasteiger partial charge is 0.289 e. The summed E-state index contributed by atoms with van der Waals surface area (Å²) in [5, 5.41) is 0.880. The molecular weight excluding hydrogens is 372 g/mol. The Bertz CT molecular complexity index is 1030. The predicted molar refractivity (Wildman–Crippen MR) is 99.9 cm³/mol. The number of amides is 1. The molecule has 0 unspecified atom stereocenters. The topological polar surface area (TPSA) is 70.8 Å². The number of carbonyl (C=O) groups excluding carboxylic acids is 1. The number of thiophene rings is 1. The molecule has 0 radical (unpaired) electrons. The summed E-state index contributed by atoms with van der Waals surface area (Å²) in [6, 6.07) is 12.6. The van der Waals surface area contributed by atoms with Crippen LogP contribution in [-0.2, 0) is 10.0 Å². The minimum atomic E-state index is -3.49. The maximum atomic E-state index is 12.7. The lowest BCUT2D eigenvalue weighted by molar-refractivity contribution is 0.0668. The molecule has 1 aliphatic rings. The van der Waals surface area contributed by atoms with Gasteiger partial charge in [-0.2, -0.15) is 4.31 Å². The van der Waals surface area contributed by atoms with Crippen molar-refractivity contribution in [1.82, 2.24) is 9.21 Å². The number of nitrogens with zero attached hydrogens (tertiary/aromatic N) is 2. The summed E-state index contributed by atoms with van der Waals surface area (Å²) in [7, 11) is -3.49. The molecule has 0 spiro atoms. The van der Waals surface area contributed by atoms with E-state index < -0.39 is 10.0 Å². The fourth-order valence-electron chi connectivity index (χ4n) is 3.05. The van der Waals surface area contributed by atoms with Gasteiger partial charge in [0, 0.05) is 36.4 Å². The van der Waals surface area contributed by atoms with E-state index in [0.29, 0.717) is 22.9 Å². The summed E-state index contributed by atoms with van der Waals surface area (Å²) in [6.45, 7) is 3.14. The number of hydrogen-bond acceptors (Lipinski definition) is 5. The Labute approximate surface area is 155 Å². The number of benzene rings is 1. The maximum Gasteiger partial charge on any atom is 0.289 e. The van der Waals surface area contributed by atoms with Crippen LogP contribution in [0, 0.1) is 6.92 Å². The third-order valence-corrected chi connectivity index (χ3v) is 7.84. The van der Waals surface area contributed by atoms with Crippen molar-refractivity contribution in [2.24, 2.45) is 0 Å². The second kappa shape index (κ2) is 6.53. The lowest BCUT2D eigenvalue weighted by atomic mass is 10.2. The van der Waals surface area contributed by atoms with Crippen molar-refractivity contribution in [3.8, 4) is 0 Å². The maximum absolute atomic E-state index is 12.7. The first kappa shape index (κ1) is 17.3. The molecule has 1 amide bonds. The van der Waals surface area contributed by atoms with E-state index in [4.69, 9.17) is 4.42 Å². The van der Waals surface area contributed by atoms with Crippen molar-refractivity contribution in [1.29, 1.82) is 0 Å². The van der Waals surface area contributed by atoms with Gasteiger partial charge in [0.15, 0.2) is 5.76 Å². The van der Waals surface area contributed by atoms with Gasteiger partial charge < -0.3 is 9.32 Å². The van der Waals surface area contributed by atoms with Crippen LogP contribution in [0.3, 0.4) is 0 Å². The zero-order valence-electron chi connectivity index (χ0n) is 14.2. The molecule has 0 aliphatic carbocycles. The number of para-hydroxylation sites is 1. The minimum absolute atomic E-state index is 0.204. The average Bonchev–Trinajstić information content (AvgIpc) is 3.27. The van der Waals surface area contributed by atoms with Crippen LogP contribution in [0.2, 0.25) is 0 Å². The molecule has 2 aromatic heterocycles. The molecular formula is C18H18N2O4S2. The SMILES string of the molecule is Cc1ccc(S(=O)(=O)N2CCN(C(=O)c3cc4ccccc4o3)CC2)s1. The van der Waals surface area contributed by atoms with Gasteiger partial charge in [-0.3, -0.25) is 4.79 Å². The Morgan fingerprint density at radius 2 is 1.81 bits per heavy atom. The summed E-state index contributed by atoms with van der Waals surface area (Å²) >= 11 is 1.27. The van der Waals surface area contributed by atoms with Crippen molar-refractivity contribution in [2.45, 2.75) is 11.1 Å². The summed E-state index contributed by atoms with van der Waals surface area (Å²) in [6.07, 6.45) is 0. The molecule has 4 rings (SSSR count). The Hall–Kier alpha value is -2.16. The second-order valence-electron chi connectivity index (χ2n) is 6.21. The lowest BCUT2D eigenvalue weighted by Gasteiger charge is -2.33. The highest BCUT2D eigenvalue weighted by Crippen LogP contribution is 2.26. The first-order valence-corrected chi connectivity index (χ1v) is 10.6. The lowest BCUT2D eigenvalue weighted by Crippen LogP contribution is -2.50. The number of aryl methyl sites for hydroxylation is 1. The van der Waals surface area contributed by atoms with Crippen molar-refractivity contribution in [3.63, 3.8) is 0 Å². The summed E-state index contributed by atoms with van der Waals surface area (Å²) < 4.78 is 32.8. The predicted octanol–water partition coefficient (Wildman–Crippen LogP) is 2.95. The van der Waals surface area contributed by atoms with E-state index in [2.05, 4.69) is 0 Å². The van der Waals surface area contributed by atoms with Gasteiger partial charge in [0.25, 0.3) is 15.9 Å². The van der Waals surface area contributed by atoms with Crippen LogP contribution >= 0.6 is 11.3 Å². The van der Waals surface area contributed by atoms with Crippen molar-refractivity contribution in [2.75, 3.05) is 26.2 Å². The van der Waals surface area contributed by atoms with Crippen molar-refractivity contribution >= 4 is 38.2 Å². The fraction of sp³-hybridized carbons (Fsp3) is 0.278. The molecule has 3 aromatic rings. The molecule has 0 atom stereocenters. The highest BCUT2D eigenvalue weighted by Gasteiger charge is 2.32. The fourth-order valence-corrected chi connectivity index (χ4v) is 5.91. The van der Waals surface area contributed by atoms with Crippen LogP contribution in [0.5, 0.6) is 0 Å². The number of carbonyl (C=O) groups is 1. The van der Waals surface area contributed by atoms with Gasteiger partial charge in [0.2, 0.25) is 0 Å². The van der Waals surface area contributed by atoms with E-state index in [-0.39, 0.29) is 24.8 Å². The van der Waals surface area contributed by atoms with Crippen LogP contribution in [0.15, 0.2) is 51.1 Å². The van der Waals surface area contributed by atoms with Gasteiger partial charge in [0.1, 0.15) is 9.79 Å². The second-order valence-corrected chi connectivity index (χ2v) is 9.66. The normalized spacial score (nSPS) is 16.3. The van der Waals surface area contributed by atoms with Crippen molar-refractivity contribution in [3.05, 3.63) is 53.1 Å². The molecule has 1 fully saturated rings. The van der Waals surface area contributed by atoms with Crippen LogP contribution in [0.4, 0.5) is 0 Å². The summed E-state index contributed by atoms with van der Waals surface area (Å²) in [5.74, 6) is 0.0848. The number of piperazine rings is 1. The van der Waals surface area contributed by atoms with E-state index >= 15 is 0 Å². The quantitative estimate of drug-likeness (QED) is 0.689. The van der Waals surface area contributed by atoms with Gasteiger partial charge in [-0.1, -0.05) is 18.2 Å². The molecule has 8 heteroatoms. The number of rotatable bonds is 3. The van der Waals surface area contributed by atoms with Crippen LogP contribution < -0.4 is 0 Å². The molecule has 1 saturated heterocycles. The van der Waals surface area contributed by atoms with E-state index in [1.807, 2.05) is 31.2 Å².